The number of carbonyl (C=O) groups is 1. The van der Waals surface area contributed by atoms with Crippen LogP contribution in [-0.4, -0.2) is 16.3 Å². The molecular weight excluding hydrogens is 410 g/mol. The van der Waals surface area contributed by atoms with Crippen molar-refractivity contribution >= 4 is 47.3 Å². The number of para-hydroxylation sites is 1. The van der Waals surface area contributed by atoms with Gasteiger partial charge < -0.3 is 15.7 Å². The Balaban J connectivity index is 2.06. The van der Waals surface area contributed by atoms with Gasteiger partial charge in [-0.3, -0.25) is 4.79 Å². The van der Waals surface area contributed by atoms with Crippen molar-refractivity contribution in [2.45, 2.75) is 6.92 Å². The Labute approximate surface area is 185 Å². The molecule has 2 unspecified atom stereocenters. The second kappa shape index (κ2) is 10.6. The van der Waals surface area contributed by atoms with E-state index in [0.717, 1.165) is 11.6 Å². The van der Waals surface area contributed by atoms with Crippen LogP contribution in [0.3, 0.4) is 0 Å². The monoisotopic (exact) mass is 433 g/mol. The highest BCUT2D eigenvalue weighted by Gasteiger charge is 2.17. The Hall–Kier alpha value is -3.63. The van der Waals surface area contributed by atoms with Gasteiger partial charge in [0.05, 0.1) is 6.07 Å². The van der Waals surface area contributed by atoms with Gasteiger partial charge in [0.25, 0.3) is 0 Å². The maximum atomic E-state index is 11.8. The Morgan fingerprint density at radius 2 is 1.31 bits per heavy atom. The molecule has 0 saturated carbocycles. The normalized spacial score (nSPS) is 13.4. The van der Waals surface area contributed by atoms with E-state index >= 15 is 0 Å². The van der Waals surface area contributed by atoms with Crippen LogP contribution in [0.1, 0.15) is 29.2 Å². The number of quaternary nitrogens is 2. The highest BCUT2D eigenvalue weighted by atomic mass is 16.8. The van der Waals surface area contributed by atoms with E-state index in [9.17, 15) is 25.6 Å². The number of anilines is 1. The first-order valence-corrected chi connectivity index (χ1v) is 9.77. The molecule has 2 atom stereocenters. The second-order valence-corrected chi connectivity index (χ2v) is 6.98. The summed E-state index contributed by atoms with van der Waals surface area (Å²) in [6, 6.07) is 19.2. The number of hydrogen-bond donors (Lipinski definition) is 5. The fourth-order valence-electron chi connectivity index (χ4n) is 3.16. The predicted molar refractivity (Wildman–Crippen MR) is 123 cm³/mol. The first-order chi connectivity index (χ1) is 15.3. The van der Waals surface area contributed by atoms with Crippen molar-refractivity contribution in [2.24, 2.45) is 0 Å². The summed E-state index contributed by atoms with van der Waals surface area (Å²) in [5.41, 5.74) is 2.63. The number of hydrogen-bond acceptors (Lipinski definition) is 5. The lowest BCUT2D eigenvalue weighted by Crippen LogP contribution is -3.01. The van der Waals surface area contributed by atoms with Gasteiger partial charge in [0, 0.05) is 23.7 Å². The highest BCUT2D eigenvalue weighted by Crippen LogP contribution is 2.26. The van der Waals surface area contributed by atoms with E-state index in [1.54, 1.807) is 48.6 Å². The quantitative estimate of drug-likeness (QED) is 0.290. The molecule has 3 rings (SSSR count). The molecule has 0 aliphatic rings. The van der Waals surface area contributed by atoms with Crippen LogP contribution in [0.2, 0.25) is 0 Å². The van der Waals surface area contributed by atoms with Crippen molar-refractivity contribution in [2.75, 3.05) is 5.32 Å². The maximum absolute atomic E-state index is 11.8. The lowest BCUT2D eigenvalue weighted by molar-refractivity contribution is -0.996. The molecule has 3 aromatic rings. The van der Waals surface area contributed by atoms with Crippen molar-refractivity contribution in [1.82, 2.24) is 0 Å². The summed E-state index contributed by atoms with van der Waals surface area (Å²) in [4.78, 5) is 11.4. The topological polar surface area (TPSA) is 125 Å². The Kier molecular flexibility index (Phi) is 7.63. The Bertz CT molecular complexity index is 1140. The summed E-state index contributed by atoms with van der Waals surface area (Å²) >= 11 is 0. The minimum absolute atomic E-state index is 0.106. The van der Waals surface area contributed by atoms with Gasteiger partial charge in [-0.1, -0.05) is 60.7 Å². The van der Waals surface area contributed by atoms with Crippen molar-refractivity contribution in [3.63, 3.8) is 0 Å². The van der Waals surface area contributed by atoms with Crippen molar-refractivity contribution in [3.05, 3.63) is 99.4 Å². The van der Waals surface area contributed by atoms with Gasteiger partial charge in [-0.15, -0.1) is 0 Å². The number of nitrogens with one attached hydrogen (secondary N) is 3. The first kappa shape index (κ1) is 23.0. The average molecular weight is 433 g/mol. The second-order valence-electron chi connectivity index (χ2n) is 6.98. The molecule has 8 nitrogen and oxygen atoms in total. The van der Waals surface area contributed by atoms with Gasteiger partial charge in [-0.25, -0.2) is 10.4 Å². The van der Waals surface area contributed by atoms with Crippen molar-refractivity contribution in [1.29, 1.82) is 0 Å². The van der Waals surface area contributed by atoms with Gasteiger partial charge in [-0.2, -0.15) is 10.5 Å². The molecule has 1 amide bonds. The molecule has 164 valence electrons. The number of carbonyl (C=O) groups excluding carboxylic acids is 1. The largest absolute Gasteiger partial charge is 0.595 e. The minimum Gasteiger partial charge on any atom is -0.595 e. The summed E-state index contributed by atoms with van der Waals surface area (Å²) < 4.78 is 0. The number of benzene rings is 3. The van der Waals surface area contributed by atoms with Crippen molar-refractivity contribution < 1.29 is 25.7 Å². The first-order valence-electron chi connectivity index (χ1n) is 9.77. The van der Waals surface area contributed by atoms with E-state index in [-0.39, 0.29) is 17.3 Å². The smallest absolute Gasteiger partial charge is 0.221 e. The summed E-state index contributed by atoms with van der Waals surface area (Å²) in [5, 5.41) is 43.1. The van der Waals surface area contributed by atoms with Gasteiger partial charge in [0.2, 0.25) is 5.91 Å². The average Bonchev–Trinajstić information content (AvgIpc) is 2.77. The van der Waals surface area contributed by atoms with Crippen LogP contribution in [0.15, 0.2) is 66.7 Å². The fourth-order valence-corrected chi connectivity index (χ4v) is 3.16. The SMILES string of the molecule is CC(=O)Nc1ccccc1C=Cc1cc(C=Cc2ccccc2)c([NH+]([O-])O)cc1[NH+]([O-])O. The molecule has 0 spiro atoms. The van der Waals surface area contributed by atoms with Crippen LogP contribution >= 0.6 is 0 Å². The predicted octanol–water partition coefficient (Wildman–Crippen LogP) is 2.79. The van der Waals surface area contributed by atoms with Crippen LogP contribution < -0.4 is 15.8 Å². The molecule has 0 radical (unpaired) electrons. The highest BCUT2D eigenvalue weighted by molar-refractivity contribution is 5.92. The molecule has 0 saturated heterocycles. The van der Waals surface area contributed by atoms with Gasteiger partial charge in [-0.05, 0) is 35.4 Å². The third-order valence-corrected chi connectivity index (χ3v) is 4.65. The molecule has 32 heavy (non-hydrogen) atoms. The van der Waals surface area contributed by atoms with Crippen LogP contribution in [0.4, 0.5) is 17.1 Å². The van der Waals surface area contributed by atoms with Crippen molar-refractivity contribution in [3.8, 4) is 0 Å². The summed E-state index contributed by atoms with van der Waals surface area (Å²) in [6.45, 7) is 1.40. The summed E-state index contributed by atoms with van der Waals surface area (Å²) in [7, 11) is 0. The zero-order valence-electron chi connectivity index (χ0n) is 17.3. The van der Waals surface area contributed by atoms with Gasteiger partial charge >= 0.3 is 0 Å². The molecule has 0 aliphatic carbocycles. The molecule has 0 fully saturated rings. The van der Waals surface area contributed by atoms with E-state index in [4.69, 9.17) is 0 Å². The lowest BCUT2D eigenvalue weighted by atomic mass is 10.0. The van der Waals surface area contributed by atoms with E-state index in [2.05, 4.69) is 5.32 Å². The minimum atomic E-state index is -1.24. The van der Waals surface area contributed by atoms with E-state index in [0.29, 0.717) is 22.4 Å². The third kappa shape index (κ3) is 5.96. The standard InChI is InChI=1S/C24H23N3O5/c1-17(28)25-22-10-6-5-9-19(22)13-14-21-15-20(12-11-18-7-3-2-4-8-18)23(26(29)30)16-24(21)27(31)32/h2-16,26-27,29,31H,1H3,(H,25,28). The molecule has 8 heteroatoms. The van der Waals surface area contributed by atoms with Gasteiger partial charge in [0.1, 0.15) is 0 Å². The van der Waals surface area contributed by atoms with E-state index < -0.39 is 10.5 Å². The number of amides is 1. The molecule has 0 aliphatic heterocycles. The van der Waals surface area contributed by atoms with Crippen LogP contribution in [0.25, 0.3) is 24.3 Å². The summed E-state index contributed by atoms with van der Waals surface area (Å²) in [6.07, 6.45) is 6.68. The van der Waals surface area contributed by atoms with Crippen LogP contribution in [-0.2, 0) is 4.79 Å². The number of rotatable bonds is 7. The lowest BCUT2D eigenvalue weighted by Gasteiger charge is -2.19. The molecule has 0 heterocycles. The molecule has 0 aromatic heterocycles. The molecule has 0 bridgehead atoms. The Morgan fingerprint density at radius 3 is 1.91 bits per heavy atom. The van der Waals surface area contributed by atoms with E-state index in [1.807, 2.05) is 30.3 Å². The molecule has 5 N–H and O–H groups in total. The Morgan fingerprint density at radius 1 is 0.781 bits per heavy atom. The molecular formula is C24H23N3O5. The third-order valence-electron chi connectivity index (χ3n) is 4.65. The zero-order chi connectivity index (χ0) is 23.1. The summed E-state index contributed by atoms with van der Waals surface area (Å²) in [5.74, 6) is -0.226. The van der Waals surface area contributed by atoms with Crippen LogP contribution in [0.5, 0.6) is 0 Å². The van der Waals surface area contributed by atoms with Gasteiger partial charge in [0.15, 0.2) is 11.4 Å². The fraction of sp³-hybridized carbons (Fsp3) is 0.0417. The van der Waals surface area contributed by atoms with Crippen LogP contribution in [0, 0.1) is 10.4 Å². The molecule has 3 aromatic carbocycles. The van der Waals surface area contributed by atoms with E-state index in [1.165, 1.54) is 13.0 Å². The zero-order valence-corrected chi connectivity index (χ0v) is 17.3. The maximum Gasteiger partial charge on any atom is 0.221 e.